The highest BCUT2D eigenvalue weighted by atomic mass is 16.2. The van der Waals surface area contributed by atoms with Crippen LogP contribution in [-0.4, -0.2) is 36.3 Å². The SMILES string of the molecule is O=C(NCCc1ccccc1)c1ccc(C(=O)N2CCCCCC2)cc1. The number of rotatable bonds is 5. The second kappa shape index (κ2) is 9.18. The summed E-state index contributed by atoms with van der Waals surface area (Å²) in [6.45, 7) is 2.26. The molecule has 1 heterocycles. The van der Waals surface area contributed by atoms with Crippen LogP contribution in [-0.2, 0) is 6.42 Å². The fourth-order valence-corrected chi connectivity index (χ4v) is 3.29. The molecule has 0 radical (unpaired) electrons. The molecule has 2 aromatic rings. The van der Waals surface area contributed by atoms with Gasteiger partial charge in [0.1, 0.15) is 0 Å². The number of hydrogen-bond acceptors (Lipinski definition) is 2. The van der Waals surface area contributed by atoms with E-state index in [1.54, 1.807) is 24.3 Å². The van der Waals surface area contributed by atoms with E-state index in [4.69, 9.17) is 0 Å². The minimum Gasteiger partial charge on any atom is -0.352 e. The second-order valence-electron chi connectivity index (χ2n) is 6.78. The maximum atomic E-state index is 12.6. The first-order valence-electron chi connectivity index (χ1n) is 9.45. The molecule has 2 aromatic carbocycles. The predicted molar refractivity (Wildman–Crippen MR) is 103 cm³/mol. The fourth-order valence-electron chi connectivity index (χ4n) is 3.29. The molecular formula is C22H26N2O2. The van der Waals surface area contributed by atoms with Crippen LogP contribution < -0.4 is 5.32 Å². The molecule has 1 N–H and O–H groups in total. The summed E-state index contributed by atoms with van der Waals surface area (Å²) in [5.74, 6) is -0.0300. The maximum absolute atomic E-state index is 12.6. The van der Waals surface area contributed by atoms with E-state index in [0.717, 1.165) is 32.4 Å². The van der Waals surface area contributed by atoms with E-state index in [0.29, 0.717) is 17.7 Å². The zero-order chi connectivity index (χ0) is 18.2. The molecule has 0 bridgehead atoms. The van der Waals surface area contributed by atoms with Crippen molar-refractivity contribution < 1.29 is 9.59 Å². The van der Waals surface area contributed by atoms with Crippen LogP contribution in [0.3, 0.4) is 0 Å². The van der Waals surface area contributed by atoms with Crippen molar-refractivity contribution in [2.24, 2.45) is 0 Å². The van der Waals surface area contributed by atoms with E-state index in [1.165, 1.54) is 18.4 Å². The van der Waals surface area contributed by atoms with Crippen LogP contribution in [0.2, 0.25) is 0 Å². The Hall–Kier alpha value is -2.62. The fraction of sp³-hybridized carbons (Fsp3) is 0.364. The Morgan fingerprint density at radius 3 is 2.08 bits per heavy atom. The summed E-state index contributed by atoms with van der Waals surface area (Å²) >= 11 is 0. The molecule has 0 spiro atoms. The number of hydrogen-bond donors (Lipinski definition) is 1. The topological polar surface area (TPSA) is 49.4 Å². The molecule has 1 aliphatic heterocycles. The van der Waals surface area contributed by atoms with Crippen molar-refractivity contribution >= 4 is 11.8 Å². The van der Waals surface area contributed by atoms with Gasteiger partial charge in [-0.15, -0.1) is 0 Å². The van der Waals surface area contributed by atoms with Gasteiger partial charge >= 0.3 is 0 Å². The Morgan fingerprint density at radius 1 is 0.808 bits per heavy atom. The zero-order valence-electron chi connectivity index (χ0n) is 15.1. The summed E-state index contributed by atoms with van der Waals surface area (Å²) in [7, 11) is 0. The van der Waals surface area contributed by atoms with Crippen molar-refractivity contribution in [3.63, 3.8) is 0 Å². The Kier molecular flexibility index (Phi) is 6.42. The molecule has 1 aliphatic rings. The van der Waals surface area contributed by atoms with Gasteiger partial charge in [-0.3, -0.25) is 9.59 Å². The molecule has 4 heteroatoms. The van der Waals surface area contributed by atoms with Gasteiger partial charge in [0.2, 0.25) is 0 Å². The van der Waals surface area contributed by atoms with Gasteiger partial charge in [0.25, 0.3) is 11.8 Å². The molecular weight excluding hydrogens is 324 g/mol. The van der Waals surface area contributed by atoms with Crippen LogP contribution in [0.15, 0.2) is 54.6 Å². The molecule has 4 nitrogen and oxygen atoms in total. The molecule has 2 amide bonds. The number of likely N-dealkylation sites (tertiary alicyclic amines) is 1. The molecule has 0 aromatic heterocycles. The lowest BCUT2D eigenvalue weighted by atomic mass is 10.1. The van der Waals surface area contributed by atoms with Gasteiger partial charge in [0.05, 0.1) is 0 Å². The van der Waals surface area contributed by atoms with Crippen LogP contribution in [0.4, 0.5) is 0 Å². The van der Waals surface area contributed by atoms with Gasteiger partial charge in [0.15, 0.2) is 0 Å². The Labute approximate surface area is 155 Å². The van der Waals surface area contributed by atoms with E-state index in [-0.39, 0.29) is 11.8 Å². The van der Waals surface area contributed by atoms with Gasteiger partial charge in [-0.25, -0.2) is 0 Å². The van der Waals surface area contributed by atoms with E-state index in [9.17, 15) is 9.59 Å². The number of nitrogens with one attached hydrogen (secondary N) is 1. The largest absolute Gasteiger partial charge is 0.352 e. The molecule has 136 valence electrons. The van der Waals surface area contributed by atoms with Crippen LogP contribution in [0.1, 0.15) is 52.0 Å². The van der Waals surface area contributed by atoms with Crippen molar-refractivity contribution in [2.45, 2.75) is 32.1 Å². The van der Waals surface area contributed by atoms with Crippen molar-refractivity contribution in [3.05, 3.63) is 71.3 Å². The third kappa shape index (κ3) is 4.94. The quantitative estimate of drug-likeness (QED) is 0.894. The van der Waals surface area contributed by atoms with Gasteiger partial charge in [0, 0.05) is 30.8 Å². The van der Waals surface area contributed by atoms with Gasteiger partial charge in [-0.1, -0.05) is 43.2 Å². The first kappa shape index (κ1) is 18.2. The number of carbonyl (C=O) groups is 2. The number of benzene rings is 2. The third-order valence-electron chi connectivity index (χ3n) is 4.83. The van der Waals surface area contributed by atoms with Crippen LogP contribution in [0.25, 0.3) is 0 Å². The van der Waals surface area contributed by atoms with Crippen LogP contribution in [0, 0.1) is 0 Å². The highest BCUT2D eigenvalue weighted by Gasteiger charge is 2.17. The number of nitrogens with zero attached hydrogens (tertiary/aromatic N) is 1. The van der Waals surface area contributed by atoms with Crippen LogP contribution >= 0.6 is 0 Å². The number of carbonyl (C=O) groups excluding carboxylic acids is 2. The van der Waals surface area contributed by atoms with Crippen molar-refractivity contribution in [3.8, 4) is 0 Å². The maximum Gasteiger partial charge on any atom is 0.253 e. The zero-order valence-corrected chi connectivity index (χ0v) is 15.1. The third-order valence-corrected chi connectivity index (χ3v) is 4.83. The average molecular weight is 350 g/mol. The van der Waals surface area contributed by atoms with Gasteiger partial charge in [-0.2, -0.15) is 0 Å². The summed E-state index contributed by atoms with van der Waals surface area (Å²) < 4.78 is 0. The lowest BCUT2D eigenvalue weighted by Crippen LogP contribution is -2.32. The summed E-state index contributed by atoms with van der Waals surface area (Å²) in [4.78, 5) is 26.8. The first-order valence-corrected chi connectivity index (χ1v) is 9.45. The Balaban J connectivity index is 1.53. The average Bonchev–Trinajstić information content (AvgIpc) is 2.98. The Morgan fingerprint density at radius 2 is 1.42 bits per heavy atom. The van der Waals surface area contributed by atoms with Crippen molar-refractivity contribution in [1.82, 2.24) is 10.2 Å². The molecule has 0 saturated carbocycles. The van der Waals surface area contributed by atoms with Crippen molar-refractivity contribution in [2.75, 3.05) is 19.6 Å². The summed E-state index contributed by atoms with van der Waals surface area (Å²) in [6, 6.07) is 17.1. The lowest BCUT2D eigenvalue weighted by Gasteiger charge is -2.20. The molecule has 1 fully saturated rings. The molecule has 1 saturated heterocycles. The lowest BCUT2D eigenvalue weighted by molar-refractivity contribution is 0.0761. The normalized spacial score (nSPS) is 14.5. The van der Waals surface area contributed by atoms with E-state index < -0.39 is 0 Å². The first-order chi connectivity index (χ1) is 12.7. The van der Waals surface area contributed by atoms with Crippen molar-refractivity contribution in [1.29, 1.82) is 0 Å². The summed E-state index contributed by atoms with van der Waals surface area (Å²) in [5.41, 5.74) is 2.45. The predicted octanol–water partition coefficient (Wildman–Crippen LogP) is 3.68. The highest BCUT2D eigenvalue weighted by Crippen LogP contribution is 2.14. The van der Waals surface area contributed by atoms with Gasteiger partial charge in [-0.05, 0) is 49.1 Å². The van der Waals surface area contributed by atoms with E-state index in [1.807, 2.05) is 23.1 Å². The standard InChI is InChI=1S/C22H26N2O2/c25-21(23-15-14-18-8-4-3-5-9-18)19-10-12-20(13-11-19)22(26)24-16-6-1-2-7-17-24/h3-5,8-13H,1-2,6-7,14-17H2,(H,23,25). The molecule has 26 heavy (non-hydrogen) atoms. The Bertz CT molecular complexity index is 718. The molecule has 0 unspecified atom stereocenters. The van der Waals surface area contributed by atoms with E-state index >= 15 is 0 Å². The second-order valence-corrected chi connectivity index (χ2v) is 6.78. The summed E-state index contributed by atoms with van der Waals surface area (Å²) in [6.07, 6.45) is 5.36. The summed E-state index contributed by atoms with van der Waals surface area (Å²) in [5, 5.41) is 2.93. The molecule has 0 aliphatic carbocycles. The van der Waals surface area contributed by atoms with Crippen LogP contribution in [0.5, 0.6) is 0 Å². The highest BCUT2D eigenvalue weighted by molar-refractivity contribution is 5.97. The monoisotopic (exact) mass is 350 g/mol. The van der Waals surface area contributed by atoms with E-state index in [2.05, 4.69) is 17.4 Å². The minimum atomic E-state index is -0.102. The van der Waals surface area contributed by atoms with Gasteiger partial charge < -0.3 is 10.2 Å². The number of amides is 2. The molecule has 0 atom stereocenters. The smallest absolute Gasteiger partial charge is 0.253 e. The molecule has 3 rings (SSSR count). The minimum absolute atomic E-state index is 0.0722.